The Balaban J connectivity index is 2.53. The number of benzene rings is 2. The number of carbonyl (C=O) groups is 1. The molecular weight excluding hydrogens is 272 g/mol. The van der Waals surface area contributed by atoms with Crippen LogP contribution in [0.3, 0.4) is 0 Å². The fourth-order valence-electron chi connectivity index (χ4n) is 1.72. The van der Waals surface area contributed by atoms with Crippen molar-refractivity contribution in [1.82, 2.24) is 0 Å². The third-order valence-electron chi connectivity index (χ3n) is 2.75. The first-order chi connectivity index (χ1) is 8.90. The third kappa shape index (κ3) is 2.58. The Bertz CT molecular complexity index is 671. The number of aryl methyl sites for hydroxylation is 1. The van der Waals surface area contributed by atoms with E-state index in [4.69, 9.17) is 17.3 Å². The number of hydrogen-bond acceptors (Lipinski definition) is 2. The van der Waals surface area contributed by atoms with Crippen molar-refractivity contribution in [2.24, 2.45) is 0 Å². The lowest BCUT2D eigenvalue weighted by atomic mass is 10.00. The SMILES string of the molecule is Cc1cc(C(=O)c2ccc(F)cc2N)c(Cl)cc1F. The van der Waals surface area contributed by atoms with Crippen LogP contribution in [0.5, 0.6) is 0 Å². The Kier molecular flexibility index (Phi) is 3.53. The van der Waals surface area contributed by atoms with Gasteiger partial charge in [-0.15, -0.1) is 0 Å². The van der Waals surface area contributed by atoms with Crippen LogP contribution in [0, 0.1) is 18.6 Å². The third-order valence-corrected chi connectivity index (χ3v) is 3.06. The van der Waals surface area contributed by atoms with Crippen LogP contribution in [0.2, 0.25) is 5.02 Å². The number of rotatable bonds is 2. The zero-order chi connectivity index (χ0) is 14.2. The van der Waals surface area contributed by atoms with Crippen LogP contribution in [-0.4, -0.2) is 5.78 Å². The van der Waals surface area contributed by atoms with Crippen molar-refractivity contribution in [2.45, 2.75) is 6.92 Å². The minimum atomic E-state index is -0.532. The molecule has 0 bridgehead atoms. The molecule has 98 valence electrons. The molecule has 0 saturated carbocycles. The molecule has 2 nitrogen and oxygen atoms in total. The van der Waals surface area contributed by atoms with Gasteiger partial charge in [-0.05, 0) is 42.8 Å². The lowest BCUT2D eigenvalue weighted by Crippen LogP contribution is -2.07. The summed E-state index contributed by atoms with van der Waals surface area (Å²) in [6.07, 6.45) is 0. The lowest BCUT2D eigenvalue weighted by molar-refractivity contribution is 0.103. The van der Waals surface area contributed by atoms with Gasteiger partial charge in [0.2, 0.25) is 0 Å². The molecule has 0 amide bonds. The van der Waals surface area contributed by atoms with Gasteiger partial charge in [0.25, 0.3) is 0 Å². The predicted molar refractivity (Wildman–Crippen MR) is 70.4 cm³/mol. The first-order valence-corrected chi connectivity index (χ1v) is 5.83. The molecule has 0 atom stereocenters. The van der Waals surface area contributed by atoms with E-state index in [0.717, 1.165) is 18.2 Å². The van der Waals surface area contributed by atoms with Crippen LogP contribution in [0.4, 0.5) is 14.5 Å². The maximum absolute atomic E-state index is 13.3. The normalized spacial score (nSPS) is 10.5. The molecule has 2 aromatic rings. The Morgan fingerprint density at radius 2 is 1.84 bits per heavy atom. The average molecular weight is 282 g/mol. The maximum Gasteiger partial charge on any atom is 0.196 e. The summed E-state index contributed by atoms with van der Waals surface area (Å²) >= 11 is 5.85. The van der Waals surface area contributed by atoms with Crippen LogP contribution in [0.25, 0.3) is 0 Å². The largest absolute Gasteiger partial charge is 0.398 e. The Labute approximate surface area is 113 Å². The fraction of sp³-hybridized carbons (Fsp3) is 0.0714. The Morgan fingerprint density at radius 1 is 1.16 bits per heavy atom. The number of anilines is 1. The number of nitrogen functional groups attached to an aromatic ring is 1. The minimum Gasteiger partial charge on any atom is -0.398 e. The summed E-state index contributed by atoms with van der Waals surface area (Å²) < 4.78 is 26.2. The second-order valence-electron chi connectivity index (χ2n) is 4.14. The molecule has 2 rings (SSSR count). The summed E-state index contributed by atoms with van der Waals surface area (Å²) in [6.45, 7) is 1.52. The van der Waals surface area contributed by atoms with E-state index in [1.54, 1.807) is 0 Å². The first kappa shape index (κ1) is 13.5. The van der Waals surface area contributed by atoms with Crippen molar-refractivity contribution in [1.29, 1.82) is 0 Å². The molecule has 0 aromatic heterocycles. The quantitative estimate of drug-likeness (QED) is 0.673. The molecule has 0 aliphatic carbocycles. The number of carbonyl (C=O) groups excluding carboxylic acids is 1. The van der Waals surface area contributed by atoms with Gasteiger partial charge in [-0.3, -0.25) is 4.79 Å². The molecule has 0 fully saturated rings. The lowest BCUT2D eigenvalue weighted by Gasteiger charge is -2.08. The highest BCUT2D eigenvalue weighted by atomic mass is 35.5. The second kappa shape index (κ2) is 4.97. The van der Waals surface area contributed by atoms with E-state index in [-0.39, 0.29) is 21.8 Å². The van der Waals surface area contributed by atoms with Crippen molar-refractivity contribution >= 4 is 23.1 Å². The highest BCUT2D eigenvalue weighted by molar-refractivity contribution is 6.35. The monoisotopic (exact) mass is 281 g/mol. The molecule has 5 heteroatoms. The van der Waals surface area contributed by atoms with Crippen molar-refractivity contribution in [2.75, 3.05) is 5.73 Å². The molecule has 2 aromatic carbocycles. The molecular formula is C14H10ClF2NO. The van der Waals surface area contributed by atoms with E-state index >= 15 is 0 Å². The first-order valence-electron chi connectivity index (χ1n) is 5.45. The summed E-state index contributed by atoms with van der Waals surface area (Å²) in [5.41, 5.74) is 6.19. The summed E-state index contributed by atoms with van der Waals surface area (Å²) in [4.78, 5) is 12.3. The van der Waals surface area contributed by atoms with E-state index in [2.05, 4.69) is 0 Å². The number of ketones is 1. The molecule has 19 heavy (non-hydrogen) atoms. The van der Waals surface area contributed by atoms with E-state index in [1.807, 2.05) is 0 Å². The van der Waals surface area contributed by atoms with Gasteiger partial charge in [0.15, 0.2) is 5.78 Å². The molecule has 0 aliphatic rings. The van der Waals surface area contributed by atoms with Crippen molar-refractivity contribution in [3.8, 4) is 0 Å². The van der Waals surface area contributed by atoms with E-state index < -0.39 is 17.4 Å². The number of halogens is 3. The van der Waals surface area contributed by atoms with Gasteiger partial charge in [0, 0.05) is 16.8 Å². The molecule has 0 aliphatic heterocycles. The predicted octanol–water partition coefficient (Wildman–Crippen LogP) is 3.74. The van der Waals surface area contributed by atoms with Gasteiger partial charge in [0.1, 0.15) is 11.6 Å². The second-order valence-corrected chi connectivity index (χ2v) is 4.55. The zero-order valence-corrected chi connectivity index (χ0v) is 10.8. The van der Waals surface area contributed by atoms with Crippen molar-refractivity contribution in [3.63, 3.8) is 0 Å². The molecule has 0 unspecified atom stereocenters. The molecule has 0 spiro atoms. The molecule has 2 N–H and O–H groups in total. The molecule has 0 saturated heterocycles. The summed E-state index contributed by atoms with van der Waals surface area (Å²) in [7, 11) is 0. The fourth-order valence-corrected chi connectivity index (χ4v) is 1.95. The van der Waals surface area contributed by atoms with Gasteiger partial charge >= 0.3 is 0 Å². The van der Waals surface area contributed by atoms with Gasteiger partial charge in [-0.25, -0.2) is 8.78 Å². The Morgan fingerprint density at radius 3 is 2.47 bits per heavy atom. The smallest absolute Gasteiger partial charge is 0.196 e. The van der Waals surface area contributed by atoms with E-state index in [1.165, 1.54) is 19.1 Å². The van der Waals surface area contributed by atoms with Crippen LogP contribution < -0.4 is 5.73 Å². The summed E-state index contributed by atoms with van der Waals surface area (Å²) in [5, 5.41) is -0.00294. The Hall–Kier alpha value is -1.94. The number of nitrogens with two attached hydrogens (primary N) is 1. The standard InChI is InChI=1S/C14H10ClF2NO/c1-7-4-10(11(15)6-12(7)17)14(19)9-3-2-8(16)5-13(9)18/h2-6H,18H2,1H3. The van der Waals surface area contributed by atoms with Crippen LogP contribution in [0.1, 0.15) is 21.5 Å². The van der Waals surface area contributed by atoms with E-state index in [0.29, 0.717) is 5.56 Å². The molecule has 0 heterocycles. The van der Waals surface area contributed by atoms with Crippen molar-refractivity contribution in [3.05, 3.63) is 63.7 Å². The van der Waals surface area contributed by atoms with Crippen molar-refractivity contribution < 1.29 is 13.6 Å². The zero-order valence-electron chi connectivity index (χ0n) is 10.0. The van der Waals surface area contributed by atoms with Gasteiger partial charge in [0.05, 0.1) is 5.02 Å². The van der Waals surface area contributed by atoms with E-state index in [9.17, 15) is 13.6 Å². The van der Waals surface area contributed by atoms with Crippen LogP contribution >= 0.6 is 11.6 Å². The summed E-state index contributed by atoms with van der Waals surface area (Å²) in [6, 6.07) is 5.89. The number of hydrogen-bond donors (Lipinski definition) is 1. The summed E-state index contributed by atoms with van der Waals surface area (Å²) in [5.74, 6) is -1.49. The van der Waals surface area contributed by atoms with Gasteiger partial charge in [-0.1, -0.05) is 11.6 Å². The molecule has 0 radical (unpaired) electrons. The van der Waals surface area contributed by atoms with Gasteiger partial charge < -0.3 is 5.73 Å². The van der Waals surface area contributed by atoms with Crippen LogP contribution in [-0.2, 0) is 0 Å². The van der Waals surface area contributed by atoms with Crippen LogP contribution in [0.15, 0.2) is 30.3 Å². The van der Waals surface area contributed by atoms with Gasteiger partial charge in [-0.2, -0.15) is 0 Å². The highest BCUT2D eigenvalue weighted by Gasteiger charge is 2.17. The average Bonchev–Trinajstić information content (AvgIpc) is 2.33. The maximum atomic E-state index is 13.3. The minimum absolute atomic E-state index is 0.00294. The highest BCUT2D eigenvalue weighted by Crippen LogP contribution is 2.25. The topological polar surface area (TPSA) is 43.1 Å².